The van der Waals surface area contributed by atoms with Crippen LogP contribution >= 0.6 is 27.7 Å². The fourth-order valence-electron chi connectivity index (χ4n) is 1.62. The lowest BCUT2D eigenvalue weighted by Crippen LogP contribution is -1.96. The molecule has 1 aromatic carbocycles. The summed E-state index contributed by atoms with van der Waals surface area (Å²) in [6.45, 7) is 4.12. The number of thioether (sulfide) groups is 1. The summed E-state index contributed by atoms with van der Waals surface area (Å²) in [4.78, 5) is 1.29. The Kier molecular flexibility index (Phi) is 3.94. The van der Waals surface area contributed by atoms with E-state index < -0.39 is 0 Å². The first-order valence-electron chi connectivity index (χ1n) is 5.45. The average Bonchev–Trinajstić information content (AvgIpc) is 2.54. The van der Waals surface area contributed by atoms with Crippen LogP contribution in [0.15, 0.2) is 33.6 Å². The van der Waals surface area contributed by atoms with E-state index in [1.54, 1.807) is 0 Å². The maximum atomic E-state index is 4.39. The van der Waals surface area contributed by atoms with Gasteiger partial charge < -0.3 is 0 Å². The lowest BCUT2D eigenvalue weighted by molar-refractivity contribution is 0.727. The number of aromatic nitrogens is 2. The number of hydrogen-bond acceptors (Lipinski definition) is 2. The van der Waals surface area contributed by atoms with Gasteiger partial charge in [0.25, 0.3) is 0 Å². The van der Waals surface area contributed by atoms with Crippen molar-refractivity contribution in [3.63, 3.8) is 0 Å². The summed E-state index contributed by atoms with van der Waals surface area (Å²) in [5.74, 6) is 0.932. The Bertz CT molecular complexity index is 517. The van der Waals surface area contributed by atoms with Gasteiger partial charge in [-0.1, -0.05) is 17.7 Å². The molecule has 0 N–H and O–H groups in total. The molecular formula is C13H15BrN2S. The predicted molar refractivity (Wildman–Crippen MR) is 76.4 cm³/mol. The summed E-state index contributed by atoms with van der Waals surface area (Å²) < 4.78 is 3.07. The van der Waals surface area contributed by atoms with Crippen LogP contribution in [0.3, 0.4) is 0 Å². The van der Waals surface area contributed by atoms with Gasteiger partial charge in [0.05, 0.1) is 15.9 Å². The van der Waals surface area contributed by atoms with Crippen molar-refractivity contribution < 1.29 is 0 Å². The molecule has 0 saturated carbocycles. The highest BCUT2D eigenvalue weighted by atomic mass is 79.9. The molecule has 0 saturated heterocycles. The van der Waals surface area contributed by atoms with Crippen LogP contribution in [-0.4, -0.2) is 9.78 Å². The van der Waals surface area contributed by atoms with E-state index in [0.717, 1.165) is 15.9 Å². The first-order chi connectivity index (χ1) is 8.08. The first-order valence-corrected chi connectivity index (χ1v) is 7.23. The van der Waals surface area contributed by atoms with Crippen LogP contribution in [0, 0.1) is 13.8 Å². The molecule has 0 unspecified atom stereocenters. The highest BCUT2D eigenvalue weighted by Crippen LogP contribution is 2.28. The molecule has 4 heteroatoms. The summed E-state index contributed by atoms with van der Waals surface area (Å²) in [6.07, 6.45) is 0. The van der Waals surface area contributed by atoms with Crippen LogP contribution in [0.4, 0.5) is 0 Å². The van der Waals surface area contributed by atoms with Crippen molar-refractivity contribution in [2.45, 2.75) is 24.5 Å². The van der Waals surface area contributed by atoms with Crippen molar-refractivity contribution >= 4 is 27.7 Å². The maximum absolute atomic E-state index is 4.39. The third-order valence-corrected chi connectivity index (χ3v) is 4.71. The SMILES string of the molecule is Cc1ccc(SCc2c(Br)c(C)nn2C)cc1. The van der Waals surface area contributed by atoms with Crippen molar-refractivity contribution in [3.05, 3.63) is 45.7 Å². The molecule has 0 bridgehead atoms. The van der Waals surface area contributed by atoms with E-state index in [0.29, 0.717) is 0 Å². The Hall–Kier alpha value is -0.740. The largest absolute Gasteiger partial charge is 0.270 e. The molecule has 0 aliphatic heterocycles. The zero-order valence-electron chi connectivity index (χ0n) is 10.2. The van der Waals surface area contributed by atoms with Gasteiger partial charge in [-0.15, -0.1) is 11.8 Å². The number of benzene rings is 1. The van der Waals surface area contributed by atoms with E-state index in [1.807, 2.05) is 30.4 Å². The van der Waals surface area contributed by atoms with Gasteiger partial charge in [0.2, 0.25) is 0 Å². The normalized spacial score (nSPS) is 10.8. The van der Waals surface area contributed by atoms with E-state index in [1.165, 1.54) is 16.2 Å². The zero-order chi connectivity index (χ0) is 12.4. The fourth-order valence-corrected chi connectivity index (χ4v) is 3.25. The topological polar surface area (TPSA) is 17.8 Å². The van der Waals surface area contributed by atoms with Crippen LogP contribution in [0.5, 0.6) is 0 Å². The van der Waals surface area contributed by atoms with E-state index in [-0.39, 0.29) is 0 Å². The molecule has 0 aliphatic rings. The summed E-state index contributed by atoms with van der Waals surface area (Å²) in [6, 6.07) is 8.62. The van der Waals surface area contributed by atoms with Gasteiger partial charge >= 0.3 is 0 Å². The number of aryl methyl sites for hydroxylation is 3. The predicted octanol–water partition coefficient (Wildman–Crippen LogP) is 4.09. The Labute approximate surface area is 115 Å². The standard InChI is InChI=1S/C13H15BrN2S/c1-9-4-6-11(7-5-9)17-8-12-13(14)10(2)15-16(12)3/h4-7H,8H2,1-3H3. The molecule has 0 aliphatic carbocycles. The van der Waals surface area contributed by atoms with Crippen LogP contribution < -0.4 is 0 Å². The number of hydrogen-bond donors (Lipinski definition) is 0. The summed E-state index contributed by atoms with van der Waals surface area (Å²) in [5.41, 5.74) is 3.58. The van der Waals surface area contributed by atoms with Crippen molar-refractivity contribution in [1.82, 2.24) is 9.78 Å². The third kappa shape index (κ3) is 2.93. The Morgan fingerprint density at radius 2 is 1.88 bits per heavy atom. The van der Waals surface area contributed by atoms with E-state index in [4.69, 9.17) is 0 Å². The van der Waals surface area contributed by atoms with E-state index in [9.17, 15) is 0 Å². The summed E-state index contributed by atoms with van der Waals surface area (Å²) in [5, 5.41) is 4.39. The van der Waals surface area contributed by atoms with Crippen molar-refractivity contribution in [2.75, 3.05) is 0 Å². The van der Waals surface area contributed by atoms with E-state index in [2.05, 4.69) is 52.2 Å². The molecule has 0 spiro atoms. The molecule has 0 fully saturated rings. The molecule has 2 aromatic rings. The van der Waals surface area contributed by atoms with Crippen LogP contribution in [0.1, 0.15) is 17.0 Å². The quantitative estimate of drug-likeness (QED) is 0.795. The van der Waals surface area contributed by atoms with Gasteiger partial charge in [0.15, 0.2) is 0 Å². The van der Waals surface area contributed by atoms with Crippen molar-refractivity contribution in [3.8, 4) is 0 Å². The zero-order valence-corrected chi connectivity index (χ0v) is 12.6. The number of halogens is 1. The third-order valence-electron chi connectivity index (χ3n) is 2.66. The molecule has 1 heterocycles. The van der Waals surface area contributed by atoms with Crippen LogP contribution in [0.2, 0.25) is 0 Å². The Balaban J connectivity index is 2.09. The lowest BCUT2D eigenvalue weighted by atomic mass is 10.2. The molecule has 0 radical (unpaired) electrons. The van der Waals surface area contributed by atoms with Crippen molar-refractivity contribution in [2.24, 2.45) is 7.05 Å². The molecule has 2 rings (SSSR count). The highest BCUT2D eigenvalue weighted by Gasteiger charge is 2.10. The second-order valence-electron chi connectivity index (χ2n) is 4.07. The van der Waals surface area contributed by atoms with Gasteiger partial charge in [0.1, 0.15) is 0 Å². The minimum atomic E-state index is 0.932. The van der Waals surface area contributed by atoms with Crippen LogP contribution in [-0.2, 0) is 12.8 Å². The summed E-state index contributed by atoms with van der Waals surface area (Å²) in [7, 11) is 1.99. The van der Waals surface area contributed by atoms with E-state index >= 15 is 0 Å². The maximum Gasteiger partial charge on any atom is 0.0738 e. The molecule has 90 valence electrons. The molecule has 0 amide bonds. The minimum Gasteiger partial charge on any atom is -0.270 e. The minimum absolute atomic E-state index is 0.932. The number of rotatable bonds is 3. The van der Waals surface area contributed by atoms with Crippen molar-refractivity contribution in [1.29, 1.82) is 0 Å². The second-order valence-corrected chi connectivity index (χ2v) is 5.91. The lowest BCUT2D eigenvalue weighted by Gasteiger charge is -2.03. The monoisotopic (exact) mass is 310 g/mol. The molecule has 1 aromatic heterocycles. The molecule has 0 atom stereocenters. The Morgan fingerprint density at radius 1 is 1.24 bits per heavy atom. The molecule has 2 nitrogen and oxygen atoms in total. The Morgan fingerprint density at radius 3 is 2.41 bits per heavy atom. The second kappa shape index (κ2) is 5.27. The van der Waals surface area contributed by atoms with Gasteiger partial charge in [-0.05, 0) is 41.9 Å². The smallest absolute Gasteiger partial charge is 0.0738 e. The van der Waals surface area contributed by atoms with Gasteiger partial charge in [-0.25, -0.2) is 0 Å². The van der Waals surface area contributed by atoms with Gasteiger partial charge in [-0.3, -0.25) is 4.68 Å². The molecule has 17 heavy (non-hydrogen) atoms. The fraction of sp³-hybridized carbons (Fsp3) is 0.308. The average molecular weight is 311 g/mol. The first kappa shape index (κ1) is 12.7. The summed E-state index contributed by atoms with van der Waals surface area (Å²) >= 11 is 5.42. The van der Waals surface area contributed by atoms with Crippen LogP contribution in [0.25, 0.3) is 0 Å². The molecular weight excluding hydrogens is 296 g/mol. The van der Waals surface area contributed by atoms with Gasteiger partial charge in [0, 0.05) is 17.7 Å². The van der Waals surface area contributed by atoms with Gasteiger partial charge in [-0.2, -0.15) is 5.10 Å². The number of nitrogens with zero attached hydrogens (tertiary/aromatic N) is 2. The highest BCUT2D eigenvalue weighted by molar-refractivity contribution is 9.10.